The number of carbonyl (C=O) groups is 3. The average molecular weight is 288 g/mol. The predicted octanol–water partition coefficient (Wildman–Crippen LogP) is 1.86. The standard InChI is InChI=1S/C15H16N2O4/c18-12(19)8-15(5-2-1-3-6-15)17-13(20)10-4-7-16-9-11(10)14(17)21/h4,7,9H,1-3,5-6,8H2,(H,18,19). The lowest BCUT2D eigenvalue weighted by molar-refractivity contribution is -0.140. The number of carboxylic acids is 1. The summed E-state index contributed by atoms with van der Waals surface area (Å²) in [4.78, 5) is 41.5. The quantitative estimate of drug-likeness (QED) is 0.858. The molecule has 6 heteroatoms. The van der Waals surface area contributed by atoms with Crippen molar-refractivity contribution in [1.82, 2.24) is 9.88 Å². The van der Waals surface area contributed by atoms with Crippen molar-refractivity contribution in [3.8, 4) is 0 Å². The van der Waals surface area contributed by atoms with Crippen molar-refractivity contribution in [1.29, 1.82) is 0 Å². The lowest BCUT2D eigenvalue weighted by atomic mass is 9.78. The highest BCUT2D eigenvalue weighted by Crippen LogP contribution is 2.41. The monoisotopic (exact) mass is 288 g/mol. The molecule has 2 aliphatic rings. The van der Waals surface area contributed by atoms with Crippen LogP contribution < -0.4 is 0 Å². The summed E-state index contributed by atoms with van der Waals surface area (Å²) in [6.45, 7) is 0. The normalized spacial score (nSPS) is 20.5. The Labute approximate surface area is 121 Å². The lowest BCUT2D eigenvalue weighted by Crippen LogP contribution is -2.54. The van der Waals surface area contributed by atoms with Gasteiger partial charge in [0.15, 0.2) is 0 Å². The lowest BCUT2D eigenvalue weighted by Gasteiger charge is -2.42. The predicted molar refractivity (Wildman–Crippen MR) is 72.8 cm³/mol. The van der Waals surface area contributed by atoms with Gasteiger partial charge in [0.2, 0.25) is 0 Å². The Morgan fingerprint density at radius 2 is 1.86 bits per heavy atom. The molecule has 0 atom stereocenters. The van der Waals surface area contributed by atoms with Gasteiger partial charge in [0.25, 0.3) is 11.8 Å². The zero-order valence-electron chi connectivity index (χ0n) is 11.5. The maximum atomic E-state index is 12.6. The third-order valence-electron chi connectivity index (χ3n) is 4.43. The highest BCUT2D eigenvalue weighted by atomic mass is 16.4. The van der Waals surface area contributed by atoms with E-state index in [1.165, 1.54) is 23.4 Å². The van der Waals surface area contributed by atoms with Crippen LogP contribution in [0.5, 0.6) is 0 Å². The molecule has 3 rings (SSSR count). The molecule has 0 spiro atoms. The second-order valence-electron chi connectivity index (χ2n) is 5.72. The molecule has 1 aromatic rings. The number of aliphatic carboxylic acids is 1. The fourth-order valence-corrected chi connectivity index (χ4v) is 3.49. The number of carboxylic acid groups (broad SMARTS) is 1. The Kier molecular flexibility index (Phi) is 3.23. The van der Waals surface area contributed by atoms with E-state index >= 15 is 0 Å². The van der Waals surface area contributed by atoms with Crippen molar-refractivity contribution in [3.05, 3.63) is 29.6 Å². The van der Waals surface area contributed by atoms with Crippen LogP contribution >= 0.6 is 0 Å². The van der Waals surface area contributed by atoms with Gasteiger partial charge >= 0.3 is 5.97 Å². The van der Waals surface area contributed by atoms with Crippen LogP contribution in [0.25, 0.3) is 0 Å². The largest absolute Gasteiger partial charge is 0.481 e. The van der Waals surface area contributed by atoms with E-state index in [2.05, 4.69) is 4.98 Å². The highest BCUT2D eigenvalue weighted by molar-refractivity contribution is 6.21. The van der Waals surface area contributed by atoms with Gasteiger partial charge in [0, 0.05) is 12.4 Å². The SMILES string of the molecule is O=C(O)CC1(N2C(=O)c3ccncc3C2=O)CCCCC1. The van der Waals surface area contributed by atoms with Crippen LogP contribution in [-0.2, 0) is 4.79 Å². The Bertz CT molecular complexity index is 585. The average Bonchev–Trinajstić information content (AvgIpc) is 2.72. The summed E-state index contributed by atoms with van der Waals surface area (Å²) in [5.41, 5.74) is -0.291. The summed E-state index contributed by atoms with van der Waals surface area (Å²) in [6.07, 6.45) is 6.44. The van der Waals surface area contributed by atoms with Crippen LogP contribution in [0.3, 0.4) is 0 Å². The summed E-state index contributed by atoms with van der Waals surface area (Å²) in [5.74, 6) is -1.78. The number of hydrogen-bond acceptors (Lipinski definition) is 4. The molecule has 1 aromatic heterocycles. The summed E-state index contributed by atoms with van der Waals surface area (Å²) < 4.78 is 0. The van der Waals surface area contributed by atoms with Crippen molar-refractivity contribution >= 4 is 17.8 Å². The van der Waals surface area contributed by atoms with Gasteiger partial charge in [-0.15, -0.1) is 0 Å². The number of pyridine rings is 1. The number of fused-ring (bicyclic) bond motifs is 1. The molecule has 2 heterocycles. The minimum atomic E-state index is -0.980. The van der Waals surface area contributed by atoms with Gasteiger partial charge in [-0.05, 0) is 18.9 Å². The first-order valence-electron chi connectivity index (χ1n) is 7.10. The molecule has 1 fully saturated rings. The van der Waals surface area contributed by atoms with Crippen molar-refractivity contribution < 1.29 is 19.5 Å². The van der Waals surface area contributed by atoms with Crippen molar-refractivity contribution in [2.75, 3.05) is 0 Å². The number of imide groups is 1. The maximum Gasteiger partial charge on any atom is 0.305 e. The van der Waals surface area contributed by atoms with Crippen LogP contribution in [0.4, 0.5) is 0 Å². The van der Waals surface area contributed by atoms with Crippen molar-refractivity contribution in [2.45, 2.75) is 44.1 Å². The van der Waals surface area contributed by atoms with Gasteiger partial charge < -0.3 is 5.11 Å². The zero-order chi connectivity index (χ0) is 15.0. The number of hydrogen-bond donors (Lipinski definition) is 1. The molecular formula is C15H16N2O4. The number of aromatic nitrogens is 1. The molecule has 0 radical (unpaired) electrons. The Morgan fingerprint density at radius 3 is 2.48 bits per heavy atom. The van der Waals surface area contributed by atoms with Crippen LogP contribution in [0.1, 0.15) is 59.2 Å². The third-order valence-corrected chi connectivity index (χ3v) is 4.43. The van der Waals surface area contributed by atoms with Gasteiger partial charge in [0.05, 0.1) is 23.1 Å². The van der Waals surface area contributed by atoms with Crippen LogP contribution in [-0.4, -0.2) is 38.3 Å². The molecule has 110 valence electrons. The summed E-state index contributed by atoms with van der Waals surface area (Å²) in [7, 11) is 0. The smallest absolute Gasteiger partial charge is 0.305 e. The third kappa shape index (κ3) is 2.11. The zero-order valence-corrected chi connectivity index (χ0v) is 11.5. The minimum absolute atomic E-state index is 0.189. The molecule has 0 bridgehead atoms. The molecule has 6 nitrogen and oxygen atoms in total. The number of nitrogens with zero attached hydrogens (tertiary/aromatic N) is 2. The Balaban J connectivity index is 2.03. The number of amides is 2. The van der Waals surface area contributed by atoms with Crippen molar-refractivity contribution in [3.63, 3.8) is 0 Å². The second kappa shape index (κ2) is 4.95. The first kappa shape index (κ1) is 13.7. The van der Waals surface area contributed by atoms with E-state index in [4.69, 9.17) is 0 Å². The molecule has 21 heavy (non-hydrogen) atoms. The molecule has 0 saturated heterocycles. The van der Waals surface area contributed by atoms with Crippen LogP contribution in [0, 0.1) is 0 Å². The van der Waals surface area contributed by atoms with E-state index in [-0.39, 0.29) is 17.9 Å². The molecule has 1 saturated carbocycles. The van der Waals surface area contributed by atoms with Gasteiger partial charge in [-0.3, -0.25) is 24.3 Å². The van der Waals surface area contributed by atoms with Gasteiger partial charge in [-0.1, -0.05) is 19.3 Å². The van der Waals surface area contributed by atoms with Gasteiger partial charge in [0.1, 0.15) is 0 Å². The van der Waals surface area contributed by atoms with Gasteiger partial charge in [-0.25, -0.2) is 0 Å². The molecule has 2 amide bonds. The fourth-order valence-electron chi connectivity index (χ4n) is 3.49. The summed E-state index contributed by atoms with van der Waals surface area (Å²) in [5, 5.41) is 9.22. The molecular weight excluding hydrogens is 272 g/mol. The molecule has 1 aliphatic heterocycles. The second-order valence-corrected chi connectivity index (χ2v) is 5.72. The van der Waals surface area contributed by atoms with E-state index in [9.17, 15) is 19.5 Å². The minimum Gasteiger partial charge on any atom is -0.481 e. The maximum absolute atomic E-state index is 12.6. The van der Waals surface area contributed by atoms with E-state index in [0.717, 1.165) is 19.3 Å². The van der Waals surface area contributed by atoms with Gasteiger partial charge in [-0.2, -0.15) is 0 Å². The molecule has 1 N–H and O–H groups in total. The molecule has 1 aliphatic carbocycles. The summed E-state index contributed by atoms with van der Waals surface area (Å²) in [6, 6.07) is 1.52. The summed E-state index contributed by atoms with van der Waals surface area (Å²) >= 11 is 0. The topological polar surface area (TPSA) is 87.6 Å². The van der Waals surface area contributed by atoms with E-state index < -0.39 is 17.4 Å². The van der Waals surface area contributed by atoms with E-state index in [1.807, 2.05) is 0 Å². The first-order chi connectivity index (χ1) is 10.1. The highest BCUT2D eigenvalue weighted by Gasteiger charge is 2.50. The first-order valence-corrected chi connectivity index (χ1v) is 7.10. The van der Waals surface area contributed by atoms with Crippen molar-refractivity contribution in [2.24, 2.45) is 0 Å². The molecule has 0 aromatic carbocycles. The van der Waals surface area contributed by atoms with E-state index in [0.29, 0.717) is 18.4 Å². The number of carbonyl (C=O) groups excluding carboxylic acids is 2. The van der Waals surface area contributed by atoms with E-state index in [1.54, 1.807) is 0 Å². The van der Waals surface area contributed by atoms with Crippen LogP contribution in [0.15, 0.2) is 18.5 Å². The Morgan fingerprint density at radius 1 is 1.19 bits per heavy atom. The molecule has 0 unspecified atom stereocenters. The Hall–Kier alpha value is -2.24. The van der Waals surface area contributed by atoms with Crippen LogP contribution in [0.2, 0.25) is 0 Å². The fraction of sp³-hybridized carbons (Fsp3) is 0.467. The number of rotatable bonds is 3.